The van der Waals surface area contributed by atoms with Crippen LogP contribution in [-0.4, -0.2) is 24.3 Å². The van der Waals surface area contributed by atoms with Gasteiger partial charge in [-0.2, -0.15) is 0 Å². The molecule has 0 bridgehead atoms. The van der Waals surface area contributed by atoms with E-state index in [1.165, 1.54) is 16.4 Å². The predicted octanol–water partition coefficient (Wildman–Crippen LogP) is 4.79. The lowest BCUT2D eigenvalue weighted by molar-refractivity contribution is 0.0514. The number of anilines is 1. The van der Waals surface area contributed by atoms with Crippen molar-refractivity contribution < 1.29 is 9.53 Å². The molecule has 0 spiro atoms. The third-order valence-corrected chi connectivity index (χ3v) is 4.66. The summed E-state index contributed by atoms with van der Waals surface area (Å²) >= 11 is 2.33. The Morgan fingerprint density at radius 3 is 2.74 bits per heavy atom. The van der Waals surface area contributed by atoms with E-state index < -0.39 is 5.60 Å². The van der Waals surface area contributed by atoms with Crippen molar-refractivity contribution in [1.82, 2.24) is 5.32 Å². The minimum absolute atomic E-state index is 0.323. The monoisotopic (exact) mass is 430 g/mol. The van der Waals surface area contributed by atoms with Gasteiger partial charge >= 0.3 is 6.09 Å². The number of carbonyl (C=O) groups is 1. The second-order valence-electron chi connectivity index (χ2n) is 7.19. The molecular weight excluding hydrogens is 403 g/mol. The fourth-order valence-corrected chi connectivity index (χ4v) is 3.51. The zero-order chi connectivity index (χ0) is 16.9. The van der Waals surface area contributed by atoms with E-state index in [4.69, 9.17) is 4.74 Å². The fourth-order valence-electron chi connectivity index (χ4n) is 2.96. The average Bonchev–Trinajstić information content (AvgIpc) is 2.44. The van der Waals surface area contributed by atoms with Gasteiger partial charge in [0.2, 0.25) is 0 Å². The predicted molar refractivity (Wildman–Crippen MR) is 103 cm³/mol. The molecule has 128 valence electrons. The topological polar surface area (TPSA) is 50.4 Å². The lowest BCUT2D eigenvalue weighted by Gasteiger charge is -2.33. The van der Waals surface area contributed by atoms with Gasteiger partial charge in [0.1, 0.15) is 5.60 Å². The van der Waals surface area contributed by atoms with Crippen molar-refractivity contribution in [3.05, 3.63) is 27.8 Å². The van der Waals surface area contributed by atoms with Crippen LogP contribution in [0.1, 0.15) is 46.5 Å². The van der Waals surface area contributed by atoms with Crippen LogP contribution in [0.15, 0.2) is 24.3 Å². The van der Waals surface area contributed by atoms with E-state index in [2.05, 4.69) is 57.5 Å². The molecule has 0 saturated heterocycles. The molecule has 0 radical (unpaired) electrons. The van der Waals surface area contributed by atoms with Crippen molar-refractivity contribution in [2.45, 2.75) is 58.1 Å². The third kappa shape index (κ3) is 6.57. The first-order valence-corrected chi connectivity index (χ1v) is 9.40. The van der Waals surface area contributed by atoms with E-state index >= 15 is 0 Å². The minimum atomic E-state index is -0.449. The SMILES string of the molecule is CC(C)(C)OC(=O)NCC1CCCCC1Nc1cccc(I)c1. The smallest absolute Gasteiger partial charge is 0.407 e. The number of hydrogen-bond donors (Lipinski definition) is 2. The van der Waals surface area contributed by atoms with Gasteiger partial charge in [-0.25, -0.2) is 4.79 Å². The van der Waals surface area contributed by atoms with Gasteiger partial charge in [0.25, 0.3) is 0 Å². The molecule has 4 nitrogen and oxygen atoms in total. The van der Waals surface area contributed by atoms with Gasteiger partial charge < -0.3 is 15.4 Å². The summed E-state index contributed by atoms with van der Waals surface area (Å²) in [5.74, 6) is 0.439. The van der Waals surface area contributed by atoms with E-state index in [1.54, 1.807) is 0 Å². The first kappa shape index (κ1) is 18.4. The Morgan fingerprint density at radius 1 is 1.30 bits per heavy atom. The first-order chi connectivity index (χ1) is 10.8. The fraction of sp³-hybridized carbons (Fsp3) is 0.611. The Hall–Kier alpha value is -0.980. The van der Waals surface area contributed by atoms with Gasteiger partial charge in [-0.3, -0.25) is 0 Å². The summed E-state index contributed by atoms with van der Waals surface area (Å²) in [4.78, 5) is 11.9. The summed E-state index contributed by atoms with van der Waals surface area (Å²) in [6, 6.07) is 8.83. The molecule has 1 fully saturated rings. The Bertz CT molecular complexity index is 528. The zero-order valence-electron chi connectivity index (χ0n) is 14.2. The first-order valence-electron chi connectivity index (χ1n) is 8.32. The molecule has 2 atom stereocenters. The second kappa shape index (κ2) is 8.22. The van der Waals surface area contributed by atoms with Crippen molar-refractivity contribution in [3.8, 4) is 0 Å². The molecule has 1 amide bonds. The number of benzene rings is 1. The van der Waals surface area contributed by atoms with Crippen molar-refractivity contribution >= 4 is 34.4 Å². The van der Waals surface area contributed by atoms with Gasteiger partial charge in [0.05, 0.1) is 0 Å². The highest BCUT2D eigenvalue weighted by atomic mass is 127. The minimum Gasteiger partial charge on any atom is -0.444 e. The summed E-state index contributed by atoms with van der Waals surface area (Å²) in [6.07, 6.45) is 4.43. The van der Waals surface area contributed by atoms with Crippen LogP contribution < -0.4 is 10.6 Å². The standard InChI is InChI=1S/C18H27IN2O2/c1-18(2,3)23-17(22)20-12-13-7-4-5-10-16(13)21-15-9-6-8-14(19)11-15/h6,8-9,11,13,16,21H,4-5,7,10,12H2,1-3H3,(H,20,22). The molecule has 2 unspecified atom stereocenters. The van der Waals surface area contributed by atoms with Crippen LogP contribution >= 0.6 is 22.6 Å². The van der Waals surface area contributed by atoms with E-state index in [0.29, 0.717) is 18.5 Å². The lowest BCUT2D eigenvalue weighted by Crippen LogP contribution is -2.42. The molecule has 1 aromatic carbocycles. The summed E-state index contributed by atoms with van der Waals surface area (Å²) in [5, 5.41) is 6.58. The van der Waals surface area contributed by atoms with Crippen molar-refractivity contribution in [2.75, 3.05) is 11.9 Å². The number of ether oxygens (including phenoxy) is 1. The maximum Gasteiger partial charge on any atom is 0.407 e. The van der Waals surface area contributed by atoms with Crippen molar-refractivity contribution in [2.24, 2.45) is 5.92 Å². The number of hydrogen-bond acceptors (Lipinski definition) is 3. The average molecular weight is 430 g/mol. The number of carbonyl (C=O) groups excluding carboxylic acids is 1. The van der Waals surface area contributed by atoms with E-state index in [0.717, 1.165) is 18.5 Å². The lowest BCUT2D eigenvalue weighted by atomic mass is 9.84. The highest BCUT2D eigenvalue weighted by Gasteiger charge is 2.26. The number of amides is 1. The van der Waals surface area contributed by atoms with Crippen LogP contribution in [0, 0.1) is 9.49 Å². The van der Waals surface area contributed by atoms with Gasteiger partial charge in [-0.1, -0.05) is 18.9 Å². The molecule has 0 aromatic heterocycles. The van der Waals surface area contributed by atoms with Crippen molar-refractivity contribution in [3.63, 3.8) is 0 Å². The van der Waals surface area contributed by atoms with Gasteiger partial charge in [-0.15, -0.1) is 0 Å². The molecule has 5 heteroatoms. The molecule has 0 heterocycles. The second-order valence-corrected chi connectivity index (χ2v) is 8.43. The van der Waals surface area contributed by atoms with Crippen LogP contribution in [0.25, 0.3) is 0 Å². The molecule has 0 aliphatic heterocycles. The highest BCUT2D eigenvalue weighted by molar-refractivity contribution is 14.1. The molecule has 23 heavy (non-hydrogen) atoms. The van der Waals surface area contributed by atoms with Crippen LogP contribution in [0.2, 0.25) is 0 Å². The Balaban J connectivity index is 1.89. The van der Waals surface area contributed by atoms with Gasteiger partial charge in [0, 0.05) is 21.8 Å². The Labute approximate surface area is 152 Å². The van der Waals surface area contributed by atoms with Crippen LogP contribution in [0.5, 0.6) is 0 Å². The third-order valence-electron chi connectivity index (χ3n) is 3.99. The normalized spacial score (nSPS) is 21.6. The Morgan fingerprint density at radius 2 is 2.04 bits per heavy atom. The van der Waals surface area contributed by atoms with E-state index in [-0.39, 0.29) is 6.09 Å². The van der Waals surface area contributed by atoms with Crippen LogP contribution in [0.4, 0.5) is 10.5 Å². The summed E-state index contributed by atoms with van der Waals surface area (Å²) in [5.41, 5.74) is 0.709. The molecule has 1 aliphatic rings. The highest BCUT2D eigenvalue weighted by Crippen LogP contribution is 2.27. The van der Waals surface area contributed by atoms with Crippen LogP contribution in [0.3, 0.4) is 0 Å². The molecule has 2 rings (SSSR count). The summed E-state index contributed by atoms with van der Waals surface area (Å²) in [7, 11) is 0. The maximum atomic E-state index is 11.9. The summed E-state index contributed by atoms with van der Waals surface area (Å²) in [6.45, 7) is 6.31. The van der Waals surface area contributed by atoms with Gasteiger partial charge in [-0.05, 0) is 80.3 Å². The number of rotatable bonds is 4. The van der Waals surface area contributed by atoms with Gasteiger partial charge in [0.15, 0.2) is 0 Å². The number of alkyl carbamates (subject to hydrolysis) is 1. The molecule has 2 N–H and O–H groups in total. The van der Waals surface area contributed by atoms with E-state index in [1.807, 2.05) is 20.8 Å². The number of nitrogens with one attached hydrogen (secondary N) is 2. The molecule has 1 aromatic rings. The zero-order valence-corrected chi connectivity index (χ0v) is 16.4. The number of halogens is 1. The molecule has 1 aliphatic carbocycles. The Kier molecular flexibility index (Phi) is 6.56. The van der Waals surface area contributed by atoms with Crippen LogP contribution in [-0.2, 0) is 4.74 Å². The van der Waals surface area contributed by atoms with E-state index in [9.17, 15) is 4.79 Å². The largest absolute Gasteiger partial charge is 0.444 e. The van der Waals surface area contributed by atoms with Crippen molar-refractivity contribution in [1.29, 1.82) is 0 Å². The molecular formula is C18H27IN2O2. The summed E-state index contributed by atoms with van der Waals surface area (Å²) < 4.78 is 6.56. The molecule has 1 saturated carbocycles. The quantitative estimate of drug-likeness (QED) is 0.676. The maximum absolute atomic E-state index is 11.9.